The first-order valence-corrected chi connectivity index (χ1v) is 4.12. The molecule has 0 saturated carbocycles. The van der Waals surface area contributed by atoms with Gasteiger partial charge in [-0.3, -0.25) is 4.68 Å². The normalized spacial score (nSPS) is 12.6. The minimum atomic E-state index is -4.70. The van der Waals surface area contributed by atoms with Gasteiger partial charge < -0.3 is 0 Å². The molecule has 0 radical (unpaired) electrons. The number of aryl methyl sites for hydroxylation is 1. The Morgan fingerprint density at radius 2 is 1.86 bits per heavy atom. The highest BCUT2D eigenvalue weighted by molar-refractivity contribution is 9.10. The van der Waals surface area contributed by atoms with Crippen LogP contribution in [0.4, 0.5) is 22.0 Å². The van der Waals surface area contributed by atoms with Crippen molar-refractivity contribution in [1.29, 1.82) is 0 Å². The van der Waals surface area contributed by atoms with Gasteiger partial charge in [-0.15, -0.1) is 0 Å². The van der Waals surface area contributed by atoms with Crippen molar-refractivity contribution < 1.29 is 22.0 Å². The van der Waals surface area contributed by atoms with Crippen LogP contribution < -0.4 is 0 Å². The summed E-state index contributed by atoms with van der Waals surface area (Å²) >= 11 is 2.46. The van der Waals surface area contributed by atoms with Crippen LogP contribution in [0.1, 0.15) is 17.8 Å². The van der Waals surface area contributed by atoms with Crippen LogP contribution in [-0.2, 0) is 13.2 Å². The summed E-state index contributed by atoms with van der Waals surface area (Å²) in [5.41, 5.74) is -2.12. The molecule has 0 aliphatic rings. The summed E-state index contributed by atoms with van der Waals surface area (Å²) < 4.78 is 60.7. The lowest BCUT2D eigenvalue weighted by atomic mass is 10.3. The molecule has 0 saturated heterocycles. The number of hydrogen-bond donors (Lipinski definition) is 0. The third-order valence-electron chi connectivity index (χ3n) is 1.49. The fraction of sp³-hybridized carbons (Fsp3) is 0.500. The summed E-state index contributed by atoms with van der Waals surface area (Å²) in [4.78, 5) is 0. The van der Waals surface area contributed by atoms with Crippen LogP contribution in [0.3, 0.4) is 0 Å². The van der Waals surface area contributed by atoms with E-state index in [1.54, 1.807) is 0 Å². The first-order chi connectivity index (χ1) is 6.25. The lowest BCUT2D eigenvalue weighted by Crippen LogP contribution is -2.12. The molecule has 14 heavy (non-hydrogen) atoms. The molecule has 1 heterocycles. The second-order valence-electron chi connectivity index (χ2n) is 2.47. The molecule has 0 aliphatic heterocycles. The number of aromatic nitrogens is 2. The molecule has 0 amide bonds. The molecule has 0 aliphatic carbocycles. The van der Waals surface area contributed by atoms with Crippen LogP contribution in [0.25, 0.3) is 0 Å². The Hall–Kier alpha value is -0.660. The fourth-order valence-corrected chi connectivity index (χ4v) is 1.70. The van der Waals surface area contributed by atoms with Gasteiger partial charge in [0.15, 0.2) is 5.69 Å². The van der Waals surface area contributed by atoms with Crippen LogP contribution in [-0.4, -0.2) is 9.78 Å². The molecule has 0 fully saturated rings. The molecule has 1 rings (SSSR count). The molecule has 1 aromatic rings. The van der Waals surface area contributed by atoms with Gasteiger partial charge in [0.1, 0.15) is 5.69 Å². The highest BCUT2D eigenvalue weighted by Crippen LogP contribution is 2.38. The van der Waals surface area contributed by atoms with Crippen LogP contribution in [0.2, 0.25) is 0 Å². The average molecular weight is 279 g/mol. The molecule has 0 N–H and O–H groups in total. The maximum absolute atomic E-state index is 12.3. The van der Waals surface area contributed by atoms with E-state index in [0.717, 1.165) is 7.05 Å². The van der Waals surface area contributed by atoms with Gasteiger partial charge in [-0.05, 0) is 15.9 Å². The van der Waals surface area contributed by atoms with Gasteiger partial charge in [-0.25, -0.2) is 8.78 Å². The number of rotatable bonds is 1. The van der Waals surface area contributed by atoms with Crippen molar-refractivity contribution in [1.82, 2.24) is 9.78 Å². The average Bonchev–Trinajstić information content (AvgIpc) is 2.24. The van der Waals surface area contributed by atoms with Crippen molar-refractivity contribution in [3.05, 3.63) is 15.9 Å². The zero-order valence-corrected chi connectivity index (χ0v) is 8.33. The van der Waals surface area contributed by atoms with E-state index in [0.29, 0.717) is 4.68 Å². The zero-order chi connectivity index (χ0) is 11.1. The Kier molecular flexibility index (Phi) is 2.84. The third kappa shape index (κ3) is 1.89. The molecule has 0 bridgehead atoms. The van der Waals surface area contributed by atoms with Gasteiger partial charge in [0.05, 0.1) is 4.47 Å². The second-order valence-corrected chi connectivity index (χ2v) is 3.26. The van der Waals surface area contributed by atoms with Crippen molar-refractivity contribution in [2.45, 2.75) is 12.6 Å². The van der Waals surface area contributed by atoms with Gasteiger partial charge in [0, 0.05) is 7.05 Å². The number of nitrogens with zero attached hydrogens (tertiary/aromatic N) is 2. The molecule has 0 aromatic carbocycles. The van der Waals surface area contributed by atoms with Crippen molar-refractivity contribution in [2.75, 3.05) is 0 Å². The maximum Gasteiger partial charge on any atom is 0.434 e. The highest BCUT2D eigenvalue weighted by atomic mass is 79.9. The lowest BCUT2D eigenvalue weighted by Gasteiger charge is -2.06. The second kappa shape index (κ2) is 3.48. The highest BCUT2D eigenvalue weighted by Gasteiger charge is 2.39. The quantitative estimate of drug-likeness (QED) is 0.722. The third-order valence-corrected chi connectivity index (χ3v) is 2.27. The number of alkyl halides is 5. The Bertz CT molecular complexity index is 343. The predicted molar refractivity (Wildman–Crippen MR) is 40.9 cm³/mol. The van der Waals surface area contributed by atoms with E-state index < -0.39 is 28.5 Å². The minimum absolute atomic E-state index is 0.381. The summed E-state index contributed by atoms with van der Waals surface area (Å²) in [6.45, 7) is 0. The van der Waals surface area contributed by atoms with Crippen molar-refractivity contribution in [3.63, 3.8) is 0 Å². The molecule has 80 valence electrons. The van der Waals surface area contributed by atoms with E-state index in [1.165, 1.54) is 0 Å². The Balaban J connectivity index is 3.33. The Morgan fingerprint density at radius 1 is 1.36 bits per heavy atom. The molecule has 0 spiro atoms. The Labute approximate surface area is 83.8 Å². The number of hydrogen-bond acceptors (Lipinski definition) is 1. The van der Waals surface area contributed by atoms with Crippen molar-refractivity contribution in [3.8, 4) is 0 Å². The van der Waals surface area contributed by atoms with E-state index in [1.807, 2.05) is 0 Å². The molecule has 8 heteroatoms. The monoisotopic (exact) mass is 278 g/mol. The van der Waals surface area contributed by atoms with Crippen molar-refractivity contribution in [2.24, 2.45) is 7.05 Å². The summed E-state index contributed by atoms with van der Waals surface area (Å²) in [6, 6.07) is 0. The smallest absolute Gasteiger partial charge is 0.262 e. The first-order valence-electron chi connectivity index (χ1n) is 3.33. The standard InChI is InChI=1S/C6H4BrF5N2/c1-14-4(6(10,11)12)2(7)3(13-14)5(8)9/h5H,1H3. The van der Waals surface area contributed by atoms with E-state index in [2.05, 4.69) is 21.0 Å². The van der Waals surface area contributed by atoms with Gasteiger partial charge in [0.25, 0.3) is 6.43 Å². The fourth-order valence-electron chi connectivity index (χ4n) is 0.966. The van der Waals surface area contributed by atoms with E-state index in [-0.39, 0.29) is 0 Å². The topological polar surface area (TPSA) is 17.8 Å². The van der Waals surface area contributed by atoms with Gasteiger partial charge in [0.2, 0.25) is 0 Å². The Morgan fingerprint density at radius 3 is 2.07 bits per heavy atom. The van der Waals surface area contributed by atoms with E-state index in [9.17, 15) is 22.0 Å². The molecular weight excluding hydrogens is 275 g/mol. The zero-order valence-electron chi connectivity index (χ0n) is 6.74. The van der Waals surface area contributed by atoms with Gasteiger partial charge in [-0.1, -0.05) is 0 Å². The molecule has 2 nitrogen and oxygen atoms in total. The summed E-state index contributed by atoms with van der Waals surface area (Å²) in [5, 5.41) is 3.08. The van der Waals surface area contributed by atoms with Crippen LogP contribution >= 0.6 is 15.9 Å². The lowest BCUT2D eigenvalue weighted by molar-refractivity contribution is -0.144. The molecule has 0 unspecified atom stereocenters. The number of halogens is 6. The van der Waals surface area contributed by atoms with Crippen LogP contribution in [0.5, 0.6) is 0 Å². The van der Waals surface area contributed by atoms with Crippen LogP contribution in [0.15, 0.2) is 4.47 Å². The van der Waals surface area contributed by atoms with Gasteiger partial charge >= 0.3 is 6.18 Å². The van der Waals surface area contributed by atoms with Crippen molar-refractivity contribution >= 4 is 15.9 Å². The SMILES string of the molecule is Cn1nc(C(F)F)c(Br)c1C(F)(F)F. The van der Waals surface area contributed by atoms with Crippen LogP contribution in [0, 0.1) is 0 Å². The minimum Gasteiger partial charge on any atom is -0.262 e. The first kappa shape index (κ1) is 11.4. The summed E-state index contributed by atoms with van der Waals surface area (Å²) in [6.07, 6.45) is -7.74. The van der Waals surface area contributed by atoms with Gasteiger partial charge in [-0.2, -0.15) is 18.3 Å². The molecule has 1 aromatic heterocycles. The summed E-state index contributed by atoms with van der Waals surface area (Å²) in [5.74, 6) is 0. The molecule has 0 atom stereocenters. The summed E-state index contributed by atoms with van der Waals surface area (Å²) in [7, 11) is 0.958. The molecular formula is C6H4BrF5N2. The van der Waals surface area contributed by atoms with E-state index >= 15 is 0 Å². The predicted octanol–water partition coefficient (Wildman–Crippen LogP) is 3.14. The van der Waals surface area contributed by atoms with E-state index in [4.69, 9.17) is 0 Å². The maximum atomic E-state index is 12.3. The largest absolute Gasteiger partial charge is 0.434 e.